The van der Waals surface area contributed by atoms with Crippen LogP contribution in [0.2, 0.25) is 0 Å². The van der Waals surface area contributed by atoms with Crippen molar-refractivity contribution in [3.05, 3.63) is 59.9 Å². The molecule has 146 valence electrons. The van der Waals surface area contributed by atoms with E-state index in [9.17, 15) is 0 Å². The van der Waals surface area contributed by atoms with Crippen LogP contribution in [0.1, 0.15) is 19.4 Å². The number of amidine groups is 2. The first kappa shape index (κ1) is 13.6. The van der Waals surface area contributed by atoms with Gasteiger partial charge in [-0.25, -0.2) is 0 Å². The van der Waals surface area contributed by atoms with Crippen molar-refractivity contribution in [2.24, 2.45) is 21.8 Å². The molecule has 0 unspecified atom stereocenters. The third-order valence-corrected chi connectivity index (χ3v) is 3.52. The number of nitrogens with zero attached hydrogens (tertiary/aromatic N) is 4. The quantitative estimate of drug-likeness (QED) is 0.363. The fraction of sp³-hybridized carbons (Fsp3) is 0.111. The second kappa shape index (κ2) is 9.38. The predicted octanol–water partition coefficient (Wildman–Crippen LogP) is 2.36. The Morgan fingerprint density at radius 3 is 1.68 bits per heavy atom. The third-order valence-electron chi connectivity index (χ3n) is 3.52. The second-order valence-electron chi connectivity index (χ2n) is 5.16. The van der Waals surface area contributed by atoms with Crippen molar-refractivity contribution >= 4 is 24.1 Å². The zero-order valence-corrected chi connectivity index (χ0v) is 15.0. The standard InChI is InChI=1S/C18H18N6O3.ClH/c1-25-23-17(19)11-3-5-13(21-9-11)15-7-8-16(27-15)14-6-4-12(10-22-14)18(20)24-26-2;/h3-10H,1-2H3,(H2,19,23)(H2,20,24);1H/i1D3,2D3;. The predicted molar refractivity (Wildman–Crippen MR) is 108 cm³/mol. The van der Waals surface area contributed by atoms with Gasteiger partial charge in [0.25, 0.3) is 0 Å². The molecule has 0 aromatic carbocycles. The molecule has 10 heteroatoms. The van der Waals surface area contributed by atoms with Crippen LogP contribution in [-0.2, 0) is 9.68 Å². The van der Waals surface area contributed by atoms with Gasteiger partial charge in [-0.1, -0.05) is 10.3 Å². The van der Waals surface area contributed by atoms with Crippen molar-refractivity contribution in [1.29, 1.82) is 0 Å². The number of halogens is 1. The Morgan fingerprint density at radius 1 is 0.857 bits per heavy atom. The van der Waals surface area contributed by atoms with Crippen LogP contribution in [0.25, 0.3) is 22.9 Å². The summed E-state index contributed by atoms with van der Waals surface area (Å²) in [6.45, 7) is 0. The van der Waals surface area contributed by atoms with E-state index >= 15 is 0 Å². The maximum Gasteiger partial charge on any atom is 0.171 e. The molecule has 0 amide bonds. The number of hydrogen-bond donors (Lipinski definition) is 2. The van der Waals surface area contributed by atoms with Crippen molar-refractivity contribution in [2.45, 2.75) is 0 Å². The Labute approximate surface area is 175 Å². The smallest absolute Gasteiger partial charge is 0.171 e. The van der Waals surface area contributed by atoms with Gasteiger partial charge in [0.1, 0.15) is 25.5 Å². The molecule has 3 rings (SSSR count). The average Bonchev–Trinajstić information content (AvgIpc) is 3.25. The Hall–Kier alpha value is -3.59. The molecule has 9 nitrogen and oxygen atoms in total. The summed E-state index contributed by atoms with van der Waals surface area (Å²) in [6.07, 6.45) is 2.80. The number of furan rings is 1. The normalized spacial score (nSPS) is 15.7. The van der Waals surface area contributed by atoms with Crippen molar-refractivity contribution in [1.82, 2.24) is 9.97 Å². The number of nitrogens with two attached hydrogens (primary N) is 2. The molecule has 0 aliphatic heterocycles. The van der Waals surface area contributed by atoms with Gasteiger partial charge in [-0.2, -0.15) is 0 Å². The molecule has 0 saturated heterocycles. The van der Waals surface area contributed by atoms with Gasteiger partial charge in [0, 0.05) is 23.5 Å². The Bertz CT molecular complexity index is 1070. The zero-order valence-electron chi connectivity index (χ0n) is 20.2. The molecule has 0 atom stereocenters. The summed E-state index contributed by atoms with van der Waals surface area (Å²) in [6, 6.07) is 9.80. The first-order valence-electron chi connectivity index (χ1n) is 10.5. The van der Waals surface area contributed by atoms with E-state index < -0.39 is 14.1 Å². The molecule has 0 fully saturated rings. The van der Waals surface area contributed by atoms with Crippen LogP contribution in [0, 0.1) is 0 Å². The van der Waals surface area contributed by atoms with Gasteiger partial charge in [0.05, 0.1) is 8.22 Å². The van der Waals surface area contributed by atoms with Crippen LogP contribution in [0.5, 0.6) is 0 Å². The van der Waals surface area contributed by atoms with E-state index in [1.807, 2.05) is 0 Å². The van der Waals surface area contributed by atoms with E-state index in [2.05, 4.69) is 30.0 Å². The van der Waals surface area contributed by atoms with Crippen molar-refractivity contribution < 1.29 is 22.3 Å². The third kappa shape index (κ3) is 4.57. The van der Waals surface area contributed by atoms with Crippen LogP contribution in [0.15, 0.2) is 63.5 Å². The molecule has 0 saturated carbocycles. The molecule has 0 aliphatic rings. The summed E-state index contributed by atoms with van der Waals surface area (Å²) in [4.78, 5) is 17.1. The molecule has 3 aromatic rings. The van der Waals surface area contributed by atoms with Gasteiger partial charge < -0.3 is 25.6 Å². The van der Waals surface area contributed by atoms with Gasteiger partial charge in [0.2, 0.25) is 0 Å². The molecule has 0 bridgehead atoms. The number of pyridine rings is 2. The summed E-state index contributed by atoms with van der Waals surface area (Å²) < 4.78 is 47.5. The van der Waals surface area contributed by atoms with E-state index in [1.165, 1.54) is 12.4 Å². The lowest BCUT2D eigenvalue weighted by molar-refractivity contribution is 0.213. The average molecular weight is 409 g/mol. The second-order valence-corrected chi connectivity index (χ2v) is 5.16. The highest BCUT2D eigenvalue weighted by atomic mass is 35.5. The van der Waals surface area contributed by atoms with E-state index in [-0.39, 0.29) is 24.1 Å². The number of aromatic nitrogens is 2. The van der Waals surface area contributed by atoms with Gasteiger partial charge in [-0.05, 0) is 36.4 Å². The molecule has 28 heavy (non-hydrogen) atoms. The minimum Gasteiger partial charge on any atom is -0.453 e. The van der Waals surface area contributed by atoms with E-state index in [0.717, 1.165) is 0 Å². The lowest BCUT2D eigenvalue weighted by Crippen LogP contribution is -2.13. The number of rotatable bonds is 6. The molecule has 0 aliphatic carbocycles. The minimum absolute atomic E-state index is 0. The van der Waals surface area contributed by atoms with E-state index in [1.54, 1.807) is 36.4 Å². The topological polar surface area (TPSA) is 134 Å². The molecule has 3 heterocycles. The van der Waals surface area contributed by atoms with Crippen LogP contribution < -0.4 is 11.5 Å². The summed E-state index contributed by atoms with van der Waals surface area (Å²) in [5, 5.41) is 6.72. The van der Waals surface area contributed by atoms with E-state index in [4.69, 9.17) is 24.1 Å². The van der Waals surface area contributed by atoms with Gasteiger partial charge in [-0.15, -0.1) is 12.4 Å². The van der Waals surface area contributed by atoms with Crippen LogP contribution in [0.4, 0.5) is 0 Å². The molecule has 0 radical (unpaired) electrons. The van der Waals surface area contributed by atoms with Crippen LogP contribution >= 0.6 is 12.4 Å². The molecular weight excluding hydrogens is 384 g/mol. The minimum atomic E-state index is -2.70. The summed E-state index contributed by atoms with van der Waals surface area (Å²) in [7, 11) is -5.39. The first-order chi connectivity index (χ1) is 15.4. The Kier molecular flexibility index (Phi) is 4.54. The van der Waals surface area contributed by atoms with Crippen molar-refractivity contribution in [2.75, 3.05) is 14.1 Å². The monoisotopic (exact) mass is 408 g/mol. The lowest BCUT2D eigenvalue weighted by atomic mass is 10.2. The van der Waals surface area contributed by atoms with E-state index in [0.29, 0.717) is 34.0 Å². The highest BCUT2D eigenvalue weighted by molar-refractivity contribution is 5.97. The first-order valence-corrected chi connectivity index (χ1v) is 7.48. The highest BCUT2D eigenvalue weighted by Crippen LogP contribution is 2.26. The molecule has 3 aromatic heterocycles. The SMILES string of the molecule is Cl.[2H]C([2H])([2H])O/N=C(/N)c1ccc(-c2ccc(-c3ccc(/C(N)=N\OC([2H])([2H])[2H])cn3)o2)nc1. The summed E-state index contributed by atoms with van der Waals surface area (Å²) in [5.41, 5.74) is 13.1. The highest BCUT2D eigenvalue weighted by Gasteiger charge is 2.10. The maximum absolute atomic E-state index is 6.96. The molecular formula is C18H19ClN6O3. The van der Waals surface area contributed by atoms with Crippen molar-refractivity contribution in [3.8, 4) is 22.9 Å². The van der Waals surface area contributed by atoms with Gasteiger partial charge in [0.15, 0.2) is 23.2 Å². The molecule has 0 spiro atoms. The molecule has 4 N–H and O–H groups in total. The largest absolute Gasteiger partial charge is 0.453 e. The zero-order chi connectivity index (χ0) is 24.2. The Morgan fingerprint density at radius 2 is 1.32 bits per heavy atom. The van der Waals surface area contributed by atoms with Gasteiger partial charge >= 0.3 is 0 Å². The number of hydrogen-bond acceptors (Lipinski definition) is 7. The summed E-state index contributed by atoms with van der Waals surface area (Å²) >= 11 is 0. The maximum atomic E-state index is 6.96. The van der Waals surface area contributed by atoms with Crippen molar-refractivity contribution in [3.63, 3.8) is 0 Å². The fourth-order valence-electron chi connectivity index (χ4n) is 2.20. The Balaban J connectivity index is 0.00000408. The van der Waals surface area contributed by atoms with Crippen LogP contribution in [-0.4, -0.2) is 35.7 Å². The number of oxime groups is 2. The fourth-order valence-corrected chi connectivity index (χ4v) is 2.20. The van der Waals surface area contributed by atoms with Gasteiger partial charge in [-0.3, -0.25) is 9.97 Å². The summed E-state index contributed by atoms with van der Waals surface area (Å²) in [5.74, 6) is 0.621. The van der Waals surface area contributed by atoms with Crippen LogP contribution in [0.3, 0.4) is 0 Å². The lowest BCUT2D eigenvalue weighted by Gasteiger charge is -2.02.